The molecule has 1 aliphatic heterocycles. The van der Waals surface area contributed by atoms with Crippen molar-refractivity contribution in [2.45, 2.75) is 32.6 Å². The molecule has 16 heavy (non-hydrogen) atoms. The van der Waals surface area contributed by atoms with Gasteiger partial charge in [0, 0.05) is 24.9 Å². The summed E-state index contributed by atoms with van der Waals surface area (Å²) in [6, 6.07) is 0. The van der Waals surface area contributed by atoms with Crippen LogP contribution in [0.4, 0.5) is 0 Å². The van der Waals surface area contributed by atoms with Gasteiger partial charge < -0.3 is 5.32 Å². The molecule has 90 valence electrons. The van der Waals surface area contributed by atoms with Crippen molar-refractivity contribution in [3.05, 3.63) is 0 Å². The molecule has 2 amide bonds. The monoisotopic (exact) mass is 224 g/mol. The first-order valence-corrected chi connectivity index (χ1v) is 6.30. The van der Waals surface area contributed by atoms with Gasteiger partial charge >= 0.3 is 0 Å². The lowest BCUT2D eigenvalue weighted by atomic mass is 9.97. The third-order valence-corrected chi connectivity index (χ3v) is 3.60. The molecule has 2 unspecified atom stereocenters. The van der Waals surface area contributed by atoms with Gasteiger partial charge in [0.15, 0.2) is 0 Å². The van der Waals surface area contributed by atoms with E-state index in [1.165, 1.54) is 4.90 Å². The topological polar surface area (TPSA) is 49.4 Å². The number of imide groups is 1. The van der Waals surface area contributed by atoms with Gasteiger partial charge in [-0.2, -0.15) is 0 Å². The summed E-state index contributed by atoms with van der Waals surface area (Å²) in [6.45, 7) is 4.32. The Labute approximate surface area is 96.4 Å². The number of carbonyl (C=O) groups excluding carboxylic acids is 2. The second kappa shape index (κ2) is 4.95. The number of nitrogens with zero attached hydrogens (tertiary/aromatic N) is 1. The van der Waals surface area contributed by atoms with Crippen molar-refractivity contribution in [3.63, 3.8) is 0 Å². The first-order valence-electron chi connectivity index (χ1n) is 6.30. The van der Waals surface area contributed by atoms with E-state index in [0.717, 1.165) is 38.8 Å². The van der Waals surface area contributed by atoms with Crippen molar-refractivity contribution in [2.24, 2.45) is 11.8 Å². The van der Waals surface area contributed by atoms with Gasteiger partial charge in [-0.05, 0) is 32.2 Å². The Morgan fingerprint density at radius 1 is 1.19 bits per heavy atom. The van der Waals surface area contributed by atoms with Crippen LogP contribution in [0.3, 0.4) is 0 Å². The molecule has 0 radical (unpaired) electrons. The highest BCUT2D eigenvalue weighted by molar-refractivity contribution is 6.00. The zero-order chi connectivity index (χ0) is 11.5. The van der Waals surface area contributed by atoms with Crippen LogP contribution in [-0.2, 0) is 9.59 Å². The van der Waals surface area contributed by atoms with Crippen LogP contribution in [0.25, 0.3) is 0 Å². The molecule has 0 aromatic rings. The van der Waals surface area contributed by atoms with E-state index >= 15 is 0 Å². The van der Waals surface area contributed by atoms with Gasteiger partial charge in [-0.25, -0.2) is 0 Å². The minimum atomic E-state index is 0.0667. The number of likely N-dealkylation sites (tertiary alicyclic amines) is 1. The molecule has 4 nitrogen and oxygen atoms in total. The quantitative estimate of drug-likeness (QED) is 0.554. The number of carbonyl (C=O) groups is 2. The number of fused-ring (bicyclic) bond motifs is 2. The van der Waals surface area contributed by atoms with Crippen LogP contribution < -0.4 is 5.32 Å². The molecule has 2 bridgehead atoms. The van der Waals surface area contributed by atoms with Gasteiger partial charge in [-0.1, -0.05) is 6.92 Å². The molecular formula is C12H20N2O2. The second-order valence-electron chi connectivity index (χ2n) is 4.79. The average molecular weight is 224 g/mol. The smallest absolute Gasteiger partial charge is 0.232 e. The number of piperidine rings is 1. The summed E-state index contributed by atoms with van der Waals surface area (Å²) < 4.78 is 0. The molecule has 4 heteroatoms. The van der Waals surface area contributed by atoms with Gasteiger partial charge in [-0.15, -0.1) is 0 Å². The Kier molecular flexibility index (Phi) is 3.59. The van der Waals surface area contributed by atoms with Gasteiger partial charge in [-0.3, -0.25) is 14.5 Å². The Balaban J connectivity index is 1.88. The minimum Gasteiger partial charge on any atom is -0.315 e. The maximum absolute atomic E-state index is 11.9. The Hall–Kier alpha value is -0.900. The number of rotatable bonds is 5. The maximum Gasteiger partial charge on any atom is 0.232 e. The molecule has 2 atom stereocenters. The Morgan fingerprint density at radius 3 is 2.38 bits per heavy atom. The van der Waals surface area contributed by atoms with Gasteiger partial charge in [0.05, 0.1) is 0 Å². The maximum atomic E-state index is 11.9. The van der Waals surface area contributed by atoms with E-state index in [4.69, 9.17) is 0 Å². The van der Waals surface area contributed by atoms with E-state index in [2.05, 4.69) is 12.2 Å². The predicted octanol–water partition coefficient (Wildman–Crippen LogP) is 0.771. The van der Waals surface area contributed by atoms with Crippen molar-refractivity contribution in [3.8, 4) is 0 Å². The van der Waals surface area contributed by atoms with Crippen LogP contribution >= 0.6 is 0 Å². The van der Waals surface area contributed by atoms with Gasteiger partial charge in [0.1, 0.15) is 0 Å². The molecule has 0 aromatic heterocycles. The number of hydrogen-bond acceptors (Lipinski definition) is 3. The van der Waals surface area contributed by atoms with E-state index in [-0.39, 0.29) is 23.7 Å². The first kappa shape index (κ1) is 11.6. The Morgan fingerprint density at radius 2 is 1.81 bits per heavy atom. The average Bonchev–Trinajstić information content (AvgIpc) is 2.72. The predicted molar refractivity (Wildman–Crippen MR) is 60.7 cm³/mol. The summed E-state index contributed by atoms with van der Waals surface area (Å²) in [4.78, 5) is 25.4. The highest BCUT2D eigenvalue weighted by Gasteiger charge is 2.44. The zero-order valence-corrected chi connectivity index (χ0v) is 9.87. The van der Waals surface area contributed by atoms with E-state index in [0.29, 0.717) is 6.54 Å². The van der Waals surface area contributed by atoms with Crippen LogP contribution in [-0.4, -0.2) is 36.3 Å². The van der Waals surface area contributed by atoms with E-state index in [9.17, 15) is 9.59 Å². The fraction of sp³-hybridized carbons (Fsp3) is 0.833. The molecule has 2 rings (SSSR count). The zero-order valence-electron chi connectivity index (χ0n) is 9.87. The standard InChI is InChI=1S/C12H20N2O2/c1-2-5-13-6-7-14-11(15)9-3-4-10(8-9)12(14)16/h9-10,13H,2-8H2,1H3. The highest BCUT2D eigenvalue weighted by atomic mass is 16.2. The number of amides is 2. The largest absolute Gasteiger partial charge is 0.315 e. The summed E-state index contributed by atoms with van der Waals surface area (Å²) in [5.41, 5.74) is 0. The Bertz CT molecular complexity index is 269. The van der Waals surface area contributed by atoms with Crippen LogP contribution in [0, 0.1) is 11.8 Å². The number of nitrogens with one attached hydrogen (secondary N) is 1. The number of hydrogen-bond donors (Lipinski definition) is 1. The SMILES string of the molecule is CCCNCCN1C(=O)C2CCC(C2)C1=O. The first-order chi connectivity index (χ1) is 7.74. The molecule has 0 aromatic carbocycles. The molecular weight excluding hydrogens is 204 g/mol. The lowest BCUT2D eigenvalue weighted by Gasteiger charge is -2.29. The molecule has 2 aliphatic rings. The van der Waals surface area contributed by atoms with Gasteiger partial charge in [0.25, 0.3) is 0 Å². The summed E-state index contributed by atoms with van der Waals surface area (Å²) in [5, 5.41) is 3.23. The molecule has 1 heterocycles. The summed E-state index contributed by atoms with van der Waals surface area (Å²) in [5.74, 6) is 0.400. The van der Waals surface area contributed by atoms with Crippen molar-refractivity contribution >= 4 is 11.8 Å². The van der Waals surface area contributed by atoms with Crippen LogP contribution in [0.15, 0.2) is 0 Å². The highest BCUT2D eigenvalue weighted by Crippen LogP contribution is 2.37. The fourth-order valence-corrected chi connectivity index (χ4v) is 2.69. The minimum absolute atomic E-state index is 0.0667. The lowest BCUT2D eigenvalue weighted by molar-refractivity contribution is -0.152. The second-order valence-corrected chi connectivity index (χ2v) is 4.79. The molecule has 0 spiro atoms. The summed E-state index contributed by atoms with van der Waals surface area (Å²) in [6.07, 6.45) is 3.70. The van der Waals surface area contributed by atoms with Gasteiger partial charge in [0.2, 0.25) is 11.8 Å². The molecule has 2 fully saturated rings. The van der Waals surface area contributed by atoms with Crippen LogP contribution in [0.2, 0.25) is 0 Å². The summed E-state index contributed by atoms with van der Waals surface area (Å²) >= 11 is 0. The van der Waals surface area contributed by atoms with E-state index in [1.807, 2.05) is 0 Å². The van der Waals surface area contributed by atoms with Crippen molar-refractivity contribution in [1.82, 2.24) is 10.2 Å². The third-order valence-electron chi connectivity index (χ3n) is 3.60. The van der Waals surface area contributed by atoms with E-state index in [1.54, 1.807) is 0 Å². The van der Waals surface area contributed by atoms with Crippen LogP contribution in [0.1, 0.15) is 32.6 Å². The molecule has 1 saturated heterocycles. The molecule has 1 saturated carbocycles. The van der Waals surface area contributed by atoms with Crippen LogP contribution in [0.5, 0.6) is 0 Å². The fourth-order valence-electron chi connectivity index (χ4n) is 2.69. The molecule has 1 N–H and O–H groups in total. The normalized spacial score (nSPS) is 28.9. The van der Waals surface area contributed by atoms with Crippen molar-refractivity contribution < 1.29 is 9.59 Å². The van der Waals surface area contributed by atoms with Crippen molar-refractivity contribution in [2.75, 3.05) is 19.6 Å². The third kappa shape index (κ3) is 2.12. The molecule has 1 aliphatic carbocycles. The summed E-state index contributed by atoms with van der Waals surface area (Å²) in [7, 11) is 0. The van der Waals surface area contributed by atoms with E-state index < -0.39 is 0 Å². The lowest BCUT2D eigenvalue weighted by Crippen LogP contribution is -2.48. The van der Waals surface area contributed by atoms with Crippen molar-refractivity contribution in [1.29, 1.82) is 0 Å².